The highest BCUT2D eigenvalue weighted by Crippen LogP contribution is 2.37. The van der Waals surface area contributed by atoms with Gasteiger partial charge in [0.2, 0.25) is 0 Å². The van der Waals surface area contributed by atoms with E-state index in [0.29, 0.717) is 28.4 Å². The fourth-order valence-corrected chi connectivity index (χ4v) is 1.47. The highest BCUT2D eigenvalue weighted by molar-refractivity contribution is 6.32. The Hall–Kier alpha value is -1.22. The predicted molar refractivity (Wildman–Crippen MR) is 54.7 cm³/mol. The van der Waals surface area contributed by atoms with Crippen molar-refractivity contribution < 1.29 is 14.3 Å². The normalized spacial score (nSPS) is 9.71. The van der Waals surface area contributed by atoms with Crippen molar-refractivity contribution in [3.05, 3.63) is 22.2 Å². The van der Waals surface area contributed by atoms with Gasteiger partial charge < -0.3 is 9.47 Å². The number of rotatable bonds is 3. The van der Waals surface area contributed by atoms with Crippen molar-refractivity contribution in [2.24, 2.45) is 0 Å². The van der Waals surface area contributed by atoms with Crippen molar-refractivity contribution in [3.63, 3.8) is 0 Å². The molecular formula is C10H11ClO3. The maximum absolute atomic E-state index is 10.7. The molecule has 0 fully saturated rings. The molecule has 0 aliphatic carbocycles. The van der Waals surface area contributed by atoms with Gasteiger partial charge in [0.15, 0.2) is 17.8 Å². The highest BCUT2D eigenvalue weighted by atomic mass is 35.5. The van der Waals surface area contributed by atoms with Crippen LogP contribution in [0.25, 0.3) is 0 Å². The molecule has 0 spiro atoms. The number of benzene rings is 1. The van der Waals surface area contributed by atoms with E-state index in [0.717, 1.165) is 5.56 Å². The Labute approximate surface area is 87.6 Å². The number of methoxy groups -OCH3 is 2. The third kappa shape index (κ3) is 1.68. The number of carbonyl (C=O) groups excluding carboxylic acids is 1. The molecule has 0 radical (unpaired) electrons. The molecule has 0 bridgehead atoms. The summed E-state index contributed by atoms with van der Waals surface area (Å²) in [6.07, 6.45) is 0.687. The molecule has 0 atom stereocenters. The third-order valence-corrected chi connectivity index (χ3v) is 2.38. The van der Waals surface area contributed by atoms with Gasteiger partial charge in [-0.1, -0.05) is 11.6 Å². The van der Waals surface area contributed by atoms with Crippen LogP contribution in [0, 0.1) is 6.92 Å². The van der Waals surface area contributed by atoms with Crippen LogP contribution in [0.2, 0.25) is 5.02 Å². The Bertz CT molecular complexity index is 361. The van der Waals surface area contributed by atoms with Gasteiger partial charge in [0.1, 0.15) is 0 Å². The summed E-state index contributed by atoms with van der Waals surface area (Å²) in [6, 6.07) is 1.56. The summed E-state index contributed by atoms with van der Waals surface area (Å²) >= 11 is 5.91. The molecule has 0 N–H and O–H groups in total. The van der Waals surface area contributed by atoms with E-state index >= 15 is 0 Å². The minimum absolute atomic E-state index is 0.389. The number of halogens is 1. The van der Waals surface area contributed by atoms with Crippen LogP contribution < -0.4 is 9.47 Å². The van der Waals surface area contributed by atoms with Crippen LogP contribution in [-0.4, -0.2) is 20.5 Å². The van der Waals surface area contributed by atoms with Crippen LogP contribution in [0.1, 0.15) is 15.9 Å². The number of aldehydes is 1. The zero-order valence-corrected chi connectivity index (χ0v) is 9.01. The second kappa shape index (κ2) is 4.33. The van der Waals surface area contributed by atoms with E-state index in [2.05, 4.69) is 0 Å². The molecule has 0 heterocycles. The summed E-state index contributed by atoms with van der Waals surface area (Å²) in [5.41, 5.74) is 1.15. The Morgan fingerprint density at radius 1 is 1.29 bits per heavy atom. The molecule has 4 heteroatoms. The summed E-state index contributed by atoms with van der Waals surface area (Å²) in [5.74, 6) is 0.923. The maximum atomic E-state index is 10.7. The first-order valence-electron chi connectivity index (χ1n) is 4.02. The fourth-order valence-electron chi connectivity index (χ4n) is 1.26. The van der Waals surface area contributed by atoms with Gasteiger partial charge in [0.25, 0.3) is 0 Å². The van der Waals surface area contributed by atoms with Crippen LogP contribution in [0.4, 0.5) is 0 Å². The smallest absolute Gasteiger partial charge is 0.171 e. The molecule has 0 aromatic heterocycles. The first kappa shape index (κ1) is 10.9. The van der Waals surface area contributed by atoms with E-state index in [1.807, 2.05) is 0 Å². The lowest BCUT2D eigenvalue weighted by Crippen LogP contribution is -1.98. The molecule has 0 aliphatic heterocycles. The van der Waals surface area contributed by atoms with Crippen LogP contribution in [0.15, 0.2) is 6.07 Å². The van der Waals surface area contributed by atoms with Crippen molar-refractivity contribution >= 4 is 17.9 Å². The summed E-state index contributed by atoms with van der Waals surface area (Å²) in [4.78, 5) is 10.7. The topological polar surface area (TPSA) is 35.5 Å². The number of carbonyl (C=O) groups is 1. The lowest BCUT2D eigenvalue weighted by molar-refractivity contribution is 0.112. The molecule has 0 saturated carbocycles. The molecule has 1 aromatic carbocycles. The van der Waals surface area contributed by atoms with Gasteiger partial charge in [0.05, 0.1) is 19.8 Å². The first-order chi connectivity index (χ1) is 6.65. The molecule has 0 amide bonds. The first-order valence-corrected chi connectivity index (χ1v) is 4.39. The van der Waals surface area contributed by atoms with Crippen molar-refractivity contribution in [2.45, 2.75) is 6.92 Å². The van der Waals surface area contributed by atoms with Gasteiger partial charge in [-0.15, -0.1) is 0 Å². The van der Waals surface area contributed by atoms with Crippen LogP contribution in [0.5, 0.6) is 11.5 Å². The van der Waals surface area contributed by atoms with Crippen LogP contribution in [-0.2, 0) is 0 Å². The van der Waals surface area contributed by atoms with Gasteiger partial charge in [-0.2, -0.15) is 0 Å². The van der Waals surface area contributed by atoms with Gasteiger partial charge >= 0.3 is 0 Å². The van der Waals surface area contributed by atoms with Crippen molar-refractivity contribution in [1.29, 1.82) is 0 Å². The Balaban J connectivity index is 3.49. The van der Waals surface area contributed by atoms with E-state index in [1.165, 1.54) is 14.2 Å². The lowest BCUT2D eigenvalue weighted by atomic mass is 10.1. The molecular weight excluding hydrogens is 204 g/mol. The van der Waals surface area contributed by atoms with Crippen LogP contribution in [0.3, 0.4) is 0 Å². The zero-order valence-electron chi connectivity index (χ0n) is 8.26. The molecule has 1 aromatic rings. The van der Waals surface area contributed by atoms with Crippen LogP contribution >= 0.6 is 11.6 Å². The van der Waals surface area contributed by atoms with E-state index in [4.69, 9.17) is 21.1 Å². The SMILES string of the molecule is COc1c(C=O)cc(Cl)c(C)c1OC. The summed E-state index contributed by atoms with van der Waals surface area (Å²) in [5, 5.41) is 0.491. The number of ether oxygens (including phenoxy) is 2. The molecule has 3 nitrogen and oxygen atoms in total. The average molecular weight is 215 g/mol. The standard InChI is InChI=1S/C10H11ClO3/c1-6-8(11)4-7(5-12)10(14-3)9(6)13-2/h4-5H,1-3H3. The Morgan fingerprint density at radius 2 is 1.86 bits per heavy atom. The minimum atomic E-state index is 0.389. The second-order valence-corrected chi connectivity index (χ2v) is 3.16. The quantitative estimate of drug-likeness (QED) is 0.726. The Kier molecular flexibility index (Phi) is 3.36. The summed E-state index contributed by atoms with van der Waals surface area (Å²) < 4.78 is 10.2. The Morgan fingerprint density at radius 3 is 2.29 bits per heavy atom. The number of hydrogen-bond acceptors (Lipinski definition) is 3. The minimum Gasteiger partial charge on any atom is -0.493 e. The van der Waals surface area contributed by atoms with E-state index < -0.39 is 0 Å². The number of hydrogen-bond donors (Lipinski definition) is 0. The average Bonchev–Trinajstić information content (AvgIpc) is 2.20. The van der Waals surface area contributed by atoms with Crippen molar-refractivity contribution in [2.75, 3.05) is 14.2 Å². The van der Waals surface area contributed by atoms with Gasteiger partial charge in [-0.3, -0.25) is 4.79 Å². The summed E-state index contributed by atoms with van der Waals surface area (Å²) in [6.45, 7) is 1.80. The summed E-state index contributed by atoms with van der Waals surface area (Å²) in [7, 11) is 2.99. The zero-order chi connectivity index (χ0) is 10.7. The maximum Gasteiger partial charge on any atom is 0.171 e. The lowest BCUT2D eigenvalue weighted by Gasteiger charge is -2.13. The van der Waals surface area contributed by atoms with Crippen molar-refractivity contribution in [1.82, 2.24) is 0 Å². The van der Waals surface area contributed by atoms with E-state index in [9.17, 15) is 4.79 Å². The molecule has 0 saturated heterocycles. The van der Waals surface area contributed by atoms with Crippen molar-refractivity contribution in [3.8, 4) is 11.5 Å². The second-order valence-electron chi connectivity index (χ2n) is 2.76. The largest absolute Gasteiger partial charge is 0.493 e. The fraction of sp³-hybridized carbons (Fsp3) is 0.300. The van der Waals surface area contributed by atoms with E-state index in [1.54, 1.807) is 13.0 Å². The van der Waals surface area contributed by atoms with Gasteiger partial charge in [0, 0.05) is 10.6 Å². The van der Waals surface area contributed by atoms with E-state index in [-0.39, 0.29) is 0 Å². The van der Waals surface area contributed by atoms with Gasteiger partial charge in [-0.05, 0) is 13.0 Å². The molecule has 1 rings (SSSR count). The molecule has 0 unspecified atom stereocenters. The molecule has 14 heavy (non-hydrogen) atoms. The third-order valence-electron chi connectivity index (χ3n) is 1.98. The highest BCUT2D eigenvalue weighted by Gasteiger charge is 2.15. The monoisotopic (exact) mass is 214 g/mol. The molecule has 0 aliphatic rings. The molecule has 76 valence electrons. The van der Waals surface area contributed by atoms with Gasteiger partial charge in [-0.25, -0.2) is 0 Å². The predicted octanol–water partition coefficient (Wildman–Crippen LogP) is 2.48.